The number of rotatable bonds is 2. The van der Waals surface area contributed by atoms with Crippen molar-refractivity contribution >= 4 is 5.97 Å². The molecule has 0 unspecified atom stereocenters. The van der Waals surface area contributed by atoms with Gasteiger partial charge in [-0.2, -0.15) is 13.2 Å². The van der Waals surface area contributed by atoms with Crippen LogP contribution in [0.15, 0.2) is 41.3 Å². The summed E-state index contributed by atoms with van der Waals surface area (Å²) >= 11 is 0. The topological polar surface area (TPSA) is 59.3 Å². The van der Waals surface area contributed by atoms with Gasteiger partial charge in [0.15, 0.2) is 5.43 Å². The Labute approximate surface area is 117 Å². The molecule has 1 heterocycles. The molecule has 21 heavy (non-hydrogen) atoms. The lowest BCUT2D eigenvalue weighted by Gasteiger charge is -2.17. The number of carboxylic acid groups (broad SMARTS) is 1. The van der Waals surface area contributed by atoms with E-state index in [-0.39, 0.29) is 11.4 Å². The number of aryl methyl sites for hydroxylation is 1. The van der Waals surface area contributed by atoms with E-state index in [0.717, 1.165) is 22.9 Å². The van der Waals surface area contributed by atoms with Gasteiger partial charge in [-0.15, -0.1) is 0 Å². The summed E-state index contributed by atoms with van der Waals surface area (Å²) < 4.78 is 40.1. The fourth-order valence-electron chi connectivity index (χ4n) is 1.98. The monoisotopic (exact) mass is 297 g/mol. The number of benzene rings is 1. The minimum absolute atomic E-state index is 0.210. The van der Waals surface area contributed by atoms with E-state index in [4.69, 9.17) is 5.11 Å². The maximum Gasteiger partial charge on any atom is 0.418 e. The van der Waals surface area contributed by atoms with Crippen LogP contribution in [0.25, 0.3) is 5.69 Å². The molecule has 2 rings (SSSR count). The van der Waals surface area contributed by atoms with E-state index in [1.807, 2.05) is 0 Å². The lowest BCUT2D eigenvalue weighted by Crippen LogP contribution is -2.20. The summed E-state index contributed by atoms with van der Waals surface area (Å²) in [6.07, 6.45) is -3.68. The van der Waals surface area contributed by atoms with Gasteiger partial charge in [-0.3, -0.25) is 4.79 Å². The molecule has 0 aliphatic carbocycles. The van der Waals surface area contributed by atoms with Gasteiger partial charge in [-0.05, 0) is 19.1 Å². The van der Waals surface area contributed by atoms with Crippen LogP contribution in [0.4, 0.5) is 13.2 Å². The third-order valence-corrected chi connectivity index (χ3v) is 2.94. The molecule has 110 valence electrons. The molecule has 0 aliphatic heterocycles. The summed E-state index contributed by atoms with van der Waals surface area (Å²) in [6.45, 7) is 1.43. The standard InChI is InChI=1S/C14H10F3NO3/c1-8-6-12(19)9(13(20)21)7-18(8)11-5-3-2-4-10(11)14(15,16)17/h2-7H,1H3,(H,20,21). The smallest absolute Gasteiger partial charge is 0.418 e. The number of carboxylic acids is 1. The Morgan fingerprint density at radius 3 is 2.43 bits per heavy atom. The third kappa shape index (κ3) is 2.81. The maximum absolute atomic E-state index is 13.0. The quantitative estimate of drug-likeness (QED) is 0.927. The second-order valence-electron chi connectivity index (χ2n) is 4.38. The Balaban J connectivity index is 2.77. The predicted octanol–water partition coefficient (Wildman–Crippen LogP) is 2.86. The number of hydrogen-bond acceptors (Lipinski definition) is 2. The van der Waals surface area contributed by atoms with Crippen LogP contribution in [0.3, 0.4) is 0 Å². The average molecular weight is 297 g/mol. The Morgan fingerprint density at radius 2 is 1.86 bits per heavy atom. The van der Waals surface area contributed by atoms with Gasteiger partial charge < -0.3 is 9.67 Å². The fraction of sp³-hybridized carbons (Fsp3) is 0.143. The van der Waals surface area contributed by atoms with Gasteiger partial charge in [0, 0.05) is 18.0 Å². The molecule has 1 aromatic heterocycles. The first-order valence-corrected chi connectivity index (χ1v) is 5.85. The summed E-state index contributed by atoms with van der Waals surface area (Å²) in [7, 11) is 0. The number of halogens is 3. The van der Waals surface area contributed by atoms with Crippen molar-refractivity contribution in [2.45, 2.75) is 13.1 Å². The molecule has 1 N–H and O–H groups in total. The van der Waals surface area contributed by atoms with Gasteiger partial charge in [0.25, 0.3) is 0 Å². The predicted molar refractivity (Wildman–Crippen MR) is 68.7 cm³/mol. The second-order valence-corrected chi connectivity index (χ2v) is 4.38. The summed E-state index contributed by atoms with van der Waals surface area (Å²) in [5, 5.41) is 8.92. The van der Waals surface area contributed by atoms with Gasteiger partial charge >= 0.3 is 12.1 Å². The maximum atomic E-state index is 13.0. The number of para-hydroxylation sites is 1. The molecule has 0 bridgehead atoms. The summed E-state index contributed by atoms with van der Waals surface area (Å²) in [5.41, 5.74) is -2.27. The zero-order valence-corrected chi connectivity index (χ0v) is 10.8. The van der Waals surface area contributed by atoms with Crippen molar-refractivity contribution in [1.29, 1.82) is 0 Å². The number of hydrogen-bond donors (Lipinski definition) is 1. The summed E-state index contributed by atoms with van der Waals surface area (Å²) in [4.78, 5) is 22.5. The first kappa shape index (κ1) is 14.8. The van der Waals surface area contributed by atoms with Crippen molar-refractivity contribution in [3.63, 3.8) is 0 Å². The Kier molecular flexibility index (Phi) is 3.59. The molecule has 0 saturated carbocycles. The Hall–Kier alpha value is -2.57. The second kappa shape index (κ2) is 5.08. The normalized spacial score (nSPS) is 11.4. The molecule has 0 fully saturated rings. The average Bonchev–Trinajstić information content (AvgIpc) is 2.37. The number of nitrogens with zero attached hydrogens (tertiary/aromatic N) is 1. The highest BCUT2D eigenvalue weighted by Crippen LogP contribution is 2.33. The first-order valence-electron chi connectivity index (χ1n) is 5.85. The first-order chi connectivity index (χ1) is 9.71. The Morgan fingerprint density at radius 1 is 1.24 bits per heavy atom. The summed E-state index contributed by atoms with van der Waals surface area (Å²) in [6, 6.07) is 5.75. The van der Waals surface area contributed by atoms with Crippen LogP contribution in [0, 0.1) is 6.92 Å². The molecule has 4 nitrogen and oxygen atoms in total. The van der Waals surface area contributed by atoms with Crippen LogP contribution in [0.5, 0.6) is 0 Å². The van der Waals surface area contributed by atoms with Crippen molar-refractivity contribution in [3.05, 3.63) is 63.6 Å². The van der Waals surface area contributed by atoms with Crippen LogP contribution >= 0.6 is 0 Å². The van der Waals surface area contributed by atoms with Gasteiger partial charge in [-0.25, -0.2) is 4.79 Å². The molecule has 0 atom stereocenters. The van der Waals surface area contributed by atoms with E-state index < -0.39 is 28.7 Å². The minimum Gasteiger partial charge on any atom is -0.477 e. The van der Waals surface area contributed by atoms with Crippen molar-refractivity contribution in [2.24, 2.45) is 0 Å². The fourth-order valence-corrected chi connectivity index (χ4v) is 1.98. The highest BCUT2D eigenvalue weighted by atomic mass is 19.4. The largest absolute Gasteiger partial charge is 0.477 e. The highest BCUT2D eigenvalue weighted by molar-refractivity contribution is 5.87. The highest BCUT2D eigenvalue weighted by Gasteiger charge is 2.33. The molecule has 2 aromatic rings. The molecule has 0 saturated heterocycles. The van der Waals surface area contributed by atoms with Crippen LogP contribution in [-0.4, -0.2) is 15.6 Å². The van der Waals surface area contributed by atoms with E-state index in [9.17, 15) is 22.8 Å². The molecule has 1 aromatic carbocycles. The van der Waals surface area contributed by atoms with Crippen LogP contribution in [0.1, 0.15) is 21.6 Å². The molecule has 0 aliphatic rings. The van der Waals surface area contributed by atoms with E-state index in [1.54, 1.807) is 0 Å². The van der Waals surface area contributed by atoms with E-state index in [1.165, 1.54) is 25.1 Å². The minimum atomic E-state index is -4.59. The molecule has 0 spiro atoms. The number of aromatic carboxylic acids is 1. The number of aromatic nitrogens is 1. The van der Waals surface area contributed by atoms with E-state index in [0.29, 0.717) is 0 Å². The summed E-state index contributed by atoms with van der Waals surface area (Å²) in [5.74, 6) is -1.49. The zero-order chi connectivity index (χ0) is 15.8. The van der Waals surface area contributed by atoms with Gasteiger partial charge in [0.2, 0.25) is 0 Å². The molecule has 0 radical (unpaired) electrons. The number of pyridine rings is 1. The Bertz CT molecular complexity index is 763. The SMILES string of the molecule is Cc1cc(=O)c(C(=O)O)cn1-c1ccccc1C(F)(F)F. The van der Waals surface area contributed by atoms with Crippen molar-refractivity contribution < 1.29 is 23.1 Å². The van der Waals surface area contributed by atoms with E-state index >= 15 is 0 Å². The van der Waals surface area contributed by atoms with Crippen LogP contribution in [-0.2, 0) is 6.18 Å². The molecular weight excluding hydrogens is 287 g/mol. The van der Waals surface area contributed by atoms with Crippen molar-refractivity contribution in [2.75, 3.05) is 0 Å². The van der Waals surface area contributed by atoms with Crippen LogP contribution < -0.4 is 5.43 Å². The lowest BCUT2D eigenvalue weighted by atomic mass is 10.1. The molecule has 0 amide bonds. The zero-order valence-electron chi connectivity index (χ0n) is 10.8. The lowest BCUT2D eigenvalue weighted by molar-refractivity contribution is -0.137. The van der Waals surface area contributed by atoms with Crippen molar-refractivity contribution in [1.82, 2.24) is 4.57 Å². The van der Waals surface area contributed by atoms with E-state index in [2.05, 4.69) is 0 Å². The van der Waals surface area contributed by atoms with Crippen molar-refractivity contribution in [3.8, 4) is 5.69 Å². The van der Waals surface area contributed by atoms with Crippen LogP contribution in [0.2, 0.25) is 0 Å². The van der Waals surface area contributed by atoms with Gasteiger partial charge in [0.05, 0.1) is 11.3 Å². The number of carbonyl (C=O) groups is 1. The van der Waals surface area contributed by atoms with Gasteiger partial charge in [-0.1, -0.05) is 12.1 Å². The number of alkyl halides is 3. The molecular formula is C14H10F3NO3. The third-order valence-electron chi connectivity index (χ3n) is 2.94. The van der Waals surface area contributed by atoms with Gasteiger partial charge in [0.1, 0.15) is 5.56 Å². The molecule has 7 heteroatoms.